The number of rotatable bonds is 5. The van der Waals surface area contributed by atoms with E-state index in [2.05, 4.69) is 5.32 Å². The first-order valence-corrected chi connectivity index (χ1v) is 8.03. The summed E-state index contributed by atoms with van der Waals surface area (Å²) in [6.07, 6.45) is 0. The highest BCUT2D eigenvalue weighted by Gasteiger charge is 2.20. The Hall–Kier alpha value is -1.07. The summed E-state index contributed by atoms with van der Waals surface area (Å²) >= 11 is 5.70. The third-order valence-corrected chi connectivity index (χ3v) is 4.77. The Morgan fingerprint density at radius 2 is 1.74 bits per heavy atom. The van der Waals surface area contributed by atoms with E-state index in [0.29, 0.717) is 5.02 Å². The van der Waals surface area contributed by atoms with Crippen molar-refractivity contribution >= 4 is 27.3 Å². The van der Waals surface area contributed by atoms with Gasteiger partial charge in [-0.05, 0) is 37.1 Å². The first-order valence-electron chi connectivity index (χ1n) is 6.00. The summed E-state index contributed by atoms with van der Waals surface area (Å²) in [6.45, 7) is 5.76. The molecule has 1 aromatic carbocycles. The van der Waals surface area contributed by atoms with Crippen molar-refractivity contribution in [3.05, 3.63) is 29.3 Å². The van der Waals surface area contributed by atoms with E-state index in [0.717, 1.165) is 0 Å². The van der Waals surface area contributed by atoms with Crippen LogP contribution in [0.3, 0.4) is 0 Å². The maximum Gasteiger partial charge on any atom is 0.235 e. The van der Waals surface area contributed by atoms with Gasteiger partial charge >= 0.3 is 0 Å². The number of hydrogen-bond acceptors (Lipinski definition) is 3. The molecule has 19 heavy (non-hydrogen) atoms. The standard InChI is InChI=1S/C13H18ClNO3S/c1-9(2)10(3)15-13(16)8-19(17,18)12-6-4-11(14)5-7-12/h4-7,9-10H,8H2,1-3H3,(H,15,16). The van der Waals surface area contributed by atoms with Gasteiger partial charge in [-0.3, -0.25) is 4.79 Å². The quantitative estimate of drug-likeness (QED) is 0.907. The minimum atomic E-state index is -3.62. The van der Waals surface area contributed by atoms with Gasteiger partial charge in [-0.2, -0.15) is 0 Å². The fourth-order valence-corrected chi connectivity index (χ4v) is 2.63. The first kappa shape index (κ1) is 16.0. The van der Waals surface area contributed by atoms with Crippen molar-refractivity contribution in [1.82, 2.24) is 5.32 Å². The van der Waals surface area contributed by atoms with Gasteiger partial charge in [-0.1, -0.05) is 25.4 Å². The van der Waals surface area contributed by atoms with Crippen molar-refractivity contribution < 1.29 is 13.2 Å². The number of hydrogen-bond donors (Lipinski definition) is 1. The largest absolute Gasteiger partial charge is 0.353 e. The van der Waals surface area contributed by atoms with Gasteiger partial charge in [0.15, 0.2) is 9.84 Å². The van der Waals surface area contributed by atoms with E-state index in [4.69, 9.17) is 11.6 Å². The smallest absolute Gasteiger partial charge is 0.235 e. The molecule has 1 unspecified atom stereocenters. The number of carbonyl (C=O) groups is 1. The van der Waals surface area contributed by atoms with Gasteiger partial charge in [-0.25, -0.2) is 8.42 Å². The van der Waals surface area contributed by atoms with Crippen LogP contribution in [0.1, 0.15) is 20.8 Å². The monoisotopic (exact) mass is 303 g/mol. The summed E-state index contributed by atoms with van der Waals surface area (Å²) < 4.78 is 24.0. The average Bonchev–Trinajstić information content (AvgIpc) is 2.28. The van der Waals surface area contributed by atoms with Crippen LogP contribution in [0, 0.1) is 5.92 Å². The zero-order chi connectivity index (χ0) is 14.6. The molecule has 0 aliphatic heterocycles. The Balaban J connectivity index is 2.75. The highest BCUT2D eigenvalue weighted by atomic mass is 35.5. The fraction of sp³-hybridized carbons (Fsp3) is 0.462. The molecule has 6 heteroatoms. The number of amides is 1. The Morgan fingerprint density at radius 1 is 1.21 bits per heavy atom. The molecule has 0 fully saturated rings. The molecular formula is C13H18ClNO3S. The second-order valence-corrected chi connectivity index (χ2v) is 7.24. The van der Waals surface area contributed by atoms with E-state index in [1.165, 1.54) is 24.3 Å². The number of benzene rings is 1. The SMILES string of the molecule is CC(C)C(C)NC(=O)CS(=O)(=O)c1ccc(Cl)cc1. The number of halogens is 1. The van der Waals surface area contributed by atoms with Gasteiger partial charge in [0.1, 0.15) is 5.75 Å². The fourth-order valence-electron chi connectivity index (χ4n) is 1.36. The number of nitrogens with one attached hydrogen (secondary N) is 1. The molecule has 0 heterocycles. The van der Waals surface area contributed by atoms with E-state index in [9.17, 15) is 13.2 Å². The molecule has 0 aromatic heterocycles. The predicted octanol–water partition coefficient (Wildman–Crippen LogP) is 2.27. The van der Waals surface area contributed by atoms with E-state index in [1.807, 2.05) is 20.8 Å². The summed E-state index contributed by atoms with van der Waals surface area (Å²) in [6, 6.07) is 5.72. The van der Waals surface area contributed by atoms with Crippen molar-refractivity contribution in [2.45, 2.75) is 31.7 Å². The van der Waals surface area contributed by atoms with E-state index in [1.54, 1.807) is 0 Å². The van der Waals surface area contributed by atoms with Gasteiger partial charge in [0, 0.05) is 11.1 Å². The van der Waals surface area contributed by atoms with Crippen molar-refractivity contribution in [3.8, 4) is 0 Å². The summed E-state index contributed by atoms with van der Waals surface area (Å²) in [4.78, 5) is 11.8. The minimum absolute atomic E-state index is 0.0621. The Bertz CT molecular complexity index is 538. The van der Waals surface area contributed by atoms with E-state index < -0.39 is 21.5 Å². The summed E-state index contributed by atoms with van der Waals surface area (Å²) in [5.41, 5.74) is 0. The highest BCUT2D eigenvalue weighted by Crippen LogP contribution is 2.15. The third kappa shape index (κ3) is 4.84. The molecule has 0 aliphatic carbocycles. The second-order valence-electron chi connectivity index (χ2n) is 4.81. The molecule has 0 radical (unpaired) electrons. The molecule has 0 aliphatic rings. The molecule has 106 valence electrons. The molecule has 1 aromatic rings. The van der Waals surface area contributed by atoms with Gasteiger partial charge in [0.2, 0.25) is 5.91 Å². The molecule has 0 bridgehead atoms. The second kappa shape index (κ2) is 6.39. The van der Waals surface area contributed by atoms with Gasteiger partial charge in [0.25, 0.3) is 0 Å². The molecule has 1 N–H and O–H groups in total. The van der Waals surface area contributed by atoms with Crippen molar-refractivity contribution in [1.29, 1.82) is 0 Å². The van der Waals surface area contributed by atoms with Crippen LogP contribution in [0.15, 0.2) is 29.2 Å². The molecule has 4 nitrogen and oxygen atoms in total. The van der Waals surface area contributed by atoms with Crippen LogP contribution in [-0.4, -0.2) is 26.1 Å². The molecule has 1 amide bonds. The van der Waals surface area contributed by atoms with Crippen LogP contribution in [0.25, 0.3) is 0 Å². The molecule has 1 atom stereocenters. The number of carbonyl (C=O) groups excluding carboxylic acids is 1. The van der Waals surface area contributed by atoms with Gasteiger partial charge < -0.3 is 5.32 Å². The molecule has 0 spiro atoms. The third-order valence-electron chi connectivity index (χ3n) is 2.88. The molecular weight excluding hydrogens is 286 g/mol. The van der Waals surface area contributed by atoms with Crippen molar-refractivity contribution in [2.75, 3.05) is 5.75 Å². The van der Waals surface area contributed by atoms with E-state index in [-0.39, 0.29) is 16.9 Å². The summed E-state index contributed by atoms with van der Waals surface area (Å²) in [5, 5.41) is 3.13. The first-order chi connectivity index (χ1) is 8.72. The average molecular weight is 304 g/mol. The lowest BCUT2D eigenvalue weighted by molar-refractivity contribution is -0.119. The van der Waals surface area contributed by atoms with Crippen molar-refractivity contribution in [2.24, 2.45) is 5.92 Å². The van der Waals surface area contributed by atoms with Gasteiger partial charge in [0.05, 0.1) is 4.90 Å². The van der Waals surface area contributed by atoms with Crippen LogP contribution in [0.5, 0.6) is 0 Å². The zero-order valence-electron chi connectivity index (χ0n) is 11.2. The highest BCUT2D eigenvalue weighted by molar-refractivity contribution is 7.92. The minimum Gasteiger partial charge on any atom is -0.353 e. The van der Waals surface area contributed by atoms with Crippen molar-refractivity contribution in [3.63, 3.8) is 0 Å². The van der Waals surface area contributed by atoms with Crippen LogP contribution in [0.4, 0.5) is 0 Å². The van der Waals surface area contributed by atoms with Crippen LogP contribution in [-0.2, 0) is 14.6 Å². The topological polar surface area (TPSA) is 63.2 Å². The maximum atomic E-state index is 12.0. The van der Waals surface area contributed by atoms with Crippen LogP contribution in [0.2, 0.25) is 5.02 Å². The van der Waals surface area contributed by atoms with E-state index >= 15 is 0 Å². The summed E-state index contributed by atoms with van der Waals surface area (Å²) in [5.74, 6) is -0.788. The Kier molecular flexibility index (Phi) is 5.38. The molecule has 0 saturated heterocycles. The lowest BCUT2D eigenvalue weighted by Gasteiger charge is -2.17. The molecule has 1 rings (SSSR count). The van der Waals surface area contributed by atoms with Crippen LogP contribution < -0.4 is 5.32 Å². The normalized spacial score (nSPS) is 13.3. The summed E-state index contributed by atoms with van der Waals surface area (Å²) in [7, 11) is -3.62. The van der Waals surface area contributed by atoms with Gasteiger partial charge in [-0.15, -0.1) is 0 Å². The van der Waals surface area contributed by atoms with Crippen LogP contribution >= 0.6 is 11.6 Å². The predicted molar refractivity (Wildman–Crippen MR) is 75.9 cm³/mol. The number of sulfone groups is 1. The lowest BCUT2D eigenvalue weighted by atomic mass is 10.1. The maximum absolute atomic E-state index is 12.0. The lowest BCUT2D eigenvalue weighted by Crippen LogP contribution is -2.39. The molecule has 0 saturated carbocycles. The Morgan fingerprint density at radius 3 is 2.21 bits per heavy atom. The Labute approximate surface area is 119 Å². The zero-order valence-corrected chi connectivity index (χ0v) is 12.8.